The third kappa shape index (κ3) is 3.32. The summed E-state index contributed by atoms with van der Waals surface area (Å²) in [4.78, 5) is 36.0. The molecule has 22 heavy (non-hydrogen) atoms. The van der Waals surface area contributed by atoms with Crippen LogP contribution in [0, 0.1) is 5.82 Å². The first-order valence-corrected chi connectivity index (χ1v) is 6.07. The number of ether oxygens (including phenoxy) is 1. The molecule has 2 aromatic rings. The molecular weight excluding hydrogens is 297 g/mol. The van der Waals surface area contributed by atoms with Crippen LogP contribution < -0.4 is 21.3 Å². The van der Waals surface area contributed by atoms with Gasteiger partial charge in [0, 0.05) is 6.07 Å². The molecule has 0 spiro atoms. The maximum atomic E-state index is 13.1. The number of carbonyl (C=O) groups is 1. The molecule has 116 valence electrons. The van der Waals surface area contributed by atoms with Gasteiger partial charge in [-0.3, -0.25) is 19.1 Å². The lowest BCUT2D eigenvalue weighted by Crippen LogP contribution is -2.34. The lowest BCUT2D eigenvalue weighted by molar-refractivity contribution is -0.116. The number of methoxy groups -OCH3 is 1. The second-order valence-electron chi connectivity index (χ2n) is 4.30. The number of amides is 1. The van der Waals surface area contributed by atoms with Gasteiger partial charge in [0.15, 0.2) is 0 Å². The van der Waals surface area contributed by atoms with Crippen LogP contribution >= 0.6 is 0 Å². The Morgan fingerprint density at radius 3 is 2.86 bits per heavy atom. The molecule has 0 saturated carbocycles. The van der Waals surface area contributed by atoms with Crippen LogP contribution in [0.1, 0.15) is 0 Å². The number of hydrogen-bond donors (Lipinski definition) is 3. The number of hydrogen-bond acceptors (Lipinski definition) is 5. The first-order chi connectivity index (χ1) is 10.4. The quantitative estimate of drug-likeness (QED) is 0.737. The van der Waals surface area contributed by atoms with E-state index in [9.17, 15) is 23.9 Å². The van der Waals surface area contributed by atoms with Crippen molar-refractivity contribution < 1.29 is 19.0 Å². The van der Waals surface area contributed by atoms with Crippen LogP contribution in [0.2, 0.25) is 0 Å². The van der Waals surface area contributed by atoms with Gasteiger partial charge in [0.1, 0.15) is 18.0 Å². The van der Waals surface area contributed by atoms with Gasteiger partial charge >= 0.3 is 5.69 Å². The van der Waals surface area contributed by atoms with E-state index in [4.69, 9.17) is 4.74 Å². The highest BCUT2D eigenvalue weighted by molar-refractivity contribution is 5.92. The van der Waals surface area contributed by atoms with E-state index < -0.39 is 29.5 Å². The number of aromatic nitrogens is 2. The number of anilines is 1. The third-order valence-electron chi connectivity index (χ3n) is 2.74. The van der Waals surface area contributed by atoms with Crippen molar-refractivity contribution in [1.82, 2.24) is 9.55 Å². The zero-order valence-corrected chi connectivity index (χ0v) is 11.4. The van der Waals surface area contributed by atoms with E-state index in [0.717, 1.165) is 0 Å². The molecule has 0 fully saturated rings. The summed E-state index contributed by atoms with van der Waals surface area (Å²) >= 11 is 0. The number of H-pyrrole nitrogens is 1. The Kier molecular flexibility index (Phi) is 4.25. The molecule has 1 aromatic heterocycles. The minimum Gasteiger partial charge on any atom is -0.508 e. The number of benzene rings is 1. The van der Waals surface area contributed by atoms with Crippen LogP contribution in [0.25, 0.3) is 0 Å². The molecule has 1 aromatic carbocycles. The number of rotatable bonds is 4. The summed E-state index contributed by atoms with van der Waals surface area (Å²) in [5, 5.41) is 11.8. The summed E-state index contributed by atoms with van der Waals surface area (Å²) in [7, 11) is 1.38. The van der Waals surface area contributed by atoms with Gasteiger partial charge in [0.05, 0.1) is 19.0 Å². The zero-order chi connectivity index (χ0) is 16.3. The Morgan fingerprint density at radius 2 is 2.18 bits per heavy atom. The van der Waals surface area contributed by atoms with Crippen molar-refractivity contribution in [2.45, 2.75) is 6.54 Å². The number of nitrogens with zero attached hydrogens (tertiary/aromatic N) is 1. The Balaban J connectivity index is 2.21. The number of nitrogens with one attached hydrogen (secondary N) is 2. The van der Waals surface area contributed by atoms with Gasteiger partial charge in [-0.25, -0.2) is 4.79 Å². The first-order valence-electron chi connectivity index (χ1n) is 6.07. The van der Waals surface area contributed by atoms with Crippen molar-refractivity contribution in [2.75, 3.05) is 12.4 Å². The summed E-state index contributed by atoms with van der Waals surface area (Å²) < 4.78 is 18.8. The molecule has 8 nitrogen and oxygen atoms in total. The number of halogens is 1. The minimum absolute atomic E-state index is 0.0941. The second kappa shape index (κ2) is 6.12. The largest absolute Gasteiger partial charge is 0.508 e. The number of phenolic OH excluding ortho intramolecular Hbond substituents is 1. The number of aromatic hydroxyl groups is 1. The van der Waals surface area contributed by atoms with Gasteiger partial charge in [0.25, 0.3) is 5.56 Å². The molecule has 9 heteroatoms. The van der Waals surface area contributed by atoms with E-state index in [1.165, 1.54) is 25.3 Å². The normalized spacial score (nSPS) is 10.3. The van der Waals surface area contributed by atoms with Crippen LogP contribution in [0.15, 0.2) is 34.0 Å². The van der Waals surface area contributed by atoms with Crippen molar-refractivity contribution >= 4 is 11.6 Å². The van der Waals surface area contributed by atoms with Crippen LogP contribution in [0.4, 0.5) is 10.1 Å². The summed E-state index contributed by atoms with van der Waals surface area (Å²) in [6.45, 7) is -0.522. The van der Waals surface area contributed by atoms with Crippen molar-refractivity contribution in [3.8, 4) is 11.5 Å². The molecule has 0 bridgehead atoms. The molecule has 1 amide bonds. The molecule has 1 heterocycles. The Bertz CT molecular complexity index is 827. The molecule has 3 N–H and O–H groups in total. The molecule has 2 rings (SSSR count). The smallest absolute Gasteiger partial charge is 0.328 e. The molecule has 0 aliphatic carbocycles. The van der Waals surface area contributed by atoms with Crippen LogP contribution in [0.5, 0.6) is 11.5 Å². The Labute approximate surface area is 122 Å². The van der Waals surface area contributed by atoms with Crippen LogP contribution in [0.3, 0.4) is 0 Å². The SMILES string of the molecule is COc1ccc(O)cc1NC(=O)Cn1cc(F)c(=O)[nH]c1=O. The average molecular weight is 309 g/mol. The predicted octanol–water partition coefficient (Wildman–Crippen LogP) is 0.0286. The van der Waals surface area contributed by atoms with Crippen LogP contribution in [-0.2, 0) is 11.3 Å². The van der Waals surface area contributed by atoms with Gasteiger partial charge in [0.2, 0.25) is 11.7 Å². The molecule has 0 aliphatic heterocycles. The first kappa shape index (κ1) is 15.3. The van der Waals surface area contributed by atoms with Crippen molar-refractivity contribution in [1.29, 1.82) is 0 Å². The highest BCUT2D eigenvalue weighted by Gasteiger charge is 2.11. The van der Waals surface area contributed by atoms with Crippen molar-refractivity contribution in [2.24, 2.45) is 0 Å². The van der Waals surface area contributed by atoms with Crippen molar-refractivity contribution in [3.05, 3.63) is 51.1 Å². The molecule has 0 aliphatic rings. The standard InChI is InChI=1S/C13H12FN3O5/c1-22-10-3-2-7(18)4-9(10)15-11(19)6-17-5-8(14)12(20)16-13(17)21/h2-5,18H,6H2,1H3,(H,15,19)(H,16,20,21). The van der Waals surface area contributed by atoms with Gasteiger partial charge in [-0.05, 0) is 12.1 Å². The molecule has 0 unspecified atom stereocenters. The Morgan fingerprint density at radius 1 is 1.45 bits per heavy atom. The molecule has 0 atom stereocenters. The van der Waals surface area contributed by atoms with Gasteiger partial charge in [-0.15, -0.1) is 0 Å². The van der Waals surface area contributed by atoms with E-state index >= 15 is 0 Å². The van der Waals surface area contributed by atoms with Crippen LogP contribution in [-0.4, -0.2) is 27.7 Å². The number of phenols is 1. The van der Waals surface area contributed by atoms with Gasteiger partial charge in [-0.2, -0.15) is 4.39 Å². The summed E-state index contributed by atoms with van der Waals surface area (Å²) in [6, 6.07) is 4.07. The van der Waals surface area contributed by atoms with E-state index in [1.807, 2.05) is 0 Å². The van der Waals surface area contributed by atoms with Gasteiger partial charge < -0.3 is 15.2 Å². The topological polar surface area (TPSA) is 113 Å². The Hall–Kier alpha value is -3.10. The lowest BCUT2D eigenvalue weighted by atomic mass is 10.2. The van der Waals surface area contributed by atoms with E-state index in [1.54, 1.807) is 4.98 Å². The van der Waals surface area contributed by atoms with E-state index in [2.05, 4.69) is 5.32 Å². The number of aromatic amines is 1. The van der Waals surface area contributed by atoms with Crippen molar-refractivity contribution in [3.63, 3.8) is 0 Å². The third-order valence-corrected chi connectivity index (χ3v) is 2.74. The maximum Gasteiger partial charge on any atom is 0.328 e. The molecular formula is C13H12FN3O5. The highest BCUT2D eigenvalue weighted by atomic mass is 19.1. The van der Waals surface area contributed by atoms with E-state index in [-0.39, 0.29) is 11.4 Å². The minimum atomic E-state index is -1.18. The van der Waals surface area contributed by atoms with E-state index in [0.29, 0.717) is 16.5 Å². The number of carbonyl (C=O) groups excluding carboxylic acids is 1. The monoisotopic (exact) mass is 309 g/mol. The predicted molar refractivity (Wildman–Crippen MR) is 74.6 cm³/mol. The maximum absolute atomic E-state index is 13.1. The average Bonchev–Trinajstić information content (AvgIpc) is 2.45. The fourth-order valence-electron chi connectivity index (χ4n) is 1.74. The highest BCUT2D eigenvalue weighted by Crippen LogP contribution is 2.28. The molecule has 0 saturated heterocycles. The summed E-state index contributed by atoms with van der Waals surface area (Å²) in [5.41, 5.74) is -1.88. The fourth-order valence-corrected chi connectivity index (χ4v) is 1.74. The zero-order valence-electron chi connectivity index (χ0n) is 11.4. The second-order valence-corrected chi connectivity index (χ2v) is 4.30. The lowest BCUT2D eigenvalue weighted by Gasteiger charge is -2.11. The van der Waals surface area contributed by atoms with Gasteiger partial charge in [-0.1, -0.05) is 0 Å². The summed E-state index contributed by atoms with van der Waals surface area (Å²) in [6.07, 6.45) is 0.639. The fraction of sp³-hybridized carbons (Fsp3) is 0.154. The molecule has 0 radical (unpaired) electrons. The summed E-state index contributed by atoms with van der Waals surface area (Å²) in [5.74, 6) is -1.64.